The summed E-state index contributed by atoms with van der Waals surface area (Å²) < 4.78 is 0.786. The lowest BCUT2D eigenvalue weighted by Crippen LogP contribution is -2.09. The standard InChI is InChI=1S/C13H18BrNO/c1-13(2,3)7-6-12(16)9-4-5-11(15)10(14)8-9/h4-5,8H,6-7,15H2,1-3H3. The zero-order valence-electron chi connectivity index (χ0n) is 10.0. The van der Waals surface area contributed by atoms with Crippen LogP contribution in [0.15, 0.2) is 22.7 Å². The monoisotopic (exact) mass is 283 g/mol. The summed E-state index contributed by atoms with van der Waals surface area (Å²) >= 11 is 3.33. The van der Waals surface area contributed by atoms with E-state index in [4.69, 9.17) is 5.73 Å². The molecule has 0 aromatic heterocycles. The van der Waals surface area contributed by atoms with Crippen LogP contribution in [0.4, 0.5) is 5.69 Å². The van der Waals surface area contributed by atoms with Crippen molar-refractivity contribution in [2.24, 2.45) is 5.41 Å². The second-order valence-electron chi connectivity index (χ2n) is 5.22. The molecule has 0 saturated heterocycles. The highest BCUT2D eigenvalue weighted by atomic mass is 79.9. The topological polar surface area (TPSA) is 43.1 Å². The molecule has 16 heavy (non-hydrogen) atoms. The van der Waals surface area contributed by atoms with Crippen LogP contribution in [-0.4, -0.2) is 5.78 Å². The molecule has 1 aromatic carbocycles. The molecule has 0 amide bonds. The maximum absolute atomic E-state index is 11.9. The quantitative estimate of drug-likeness (QED) is 0.672. The van der Waals surface area contributed by atoms with Gasteiger partial charge in [0, 0.05) is 22.1 Å². The number of hydrogen-bond donors (Lipinski definition) is 1. The predicted molar refractivity (Wildman–Crippen MR) is 71.6 cm³/mol. The molecule has 1 aromatic rings. The molecule has 0 atom stereocenters. The second kappa shape index (κ2) is 5.00. The summed E-state index contributed by atoms with van der Waals surface area (Å²) in [5, 5.41) is 0. The van der Waals surface area contributed by atoms with Crippen molar-refractivity contribution in [2.75, 3.05) is 5.73 Å². The van der Waals surface area contributed by atoms with Crippen molar-refractivity contribution >= 4 is 27.4 Å². The summed E-state index contributed by atoms with van der Waals surface area (Å²) in [5.74, 6) is 0.177. The Hall–Kier alpha value is -0.830. The largest absolute Gasteiger partial charge is 0.398 e. The molecule has 0 radical (unpaired) electrons. The highest BCUT2D eigenvalue weighted by Crippen LogP contribution is 2.24. The van der Waals surface area contributed by atoms with E-state index in [0.717, 1.165) is 16.5 Å². The fourth-order valence-electron chi connectivity index (χ4n) is 1.33. The SMILES string of the molecule is CC(C)(C)CCC(=O)c1ccc(N)c(Br)c1. The summed E-state index contributed by atoms with van der Waals surface area (Å²) in [7, 11) is 0. The van der Waals surface area contributed by atoms with Gasteiger partial charge in [0.25, 0.3) is 0 Å². The van der Waals surface area contributed by atoms with Gasteiger partial charge in [-0.2, -0.15) is 0 Å². The van der Waals surface area contributed by atoms with Gasteiger partial charge in [-0.15, -0.1) is 0 Å². The second-order valence-corrected chi connectivity index (χ2v) is 6.07. The normalized spacial score (nSPS) is 11.5. The smallest absolute Gasteiger partial charge is 0.162 e. The van der Waals surface area contributed by atoms with Crippen LogP contribution in [-0.2, 0) is 0 Å². The average Bonchev–Trinajstić information content (AvgIpc) is 2.17. The number of rotatable bonds is 3. The van der Waals surface area contributed by atoms with Gasteiger partial charge in [-0.05, 0) is 46.0 Å². The zero-order valence-corrected chi connectivity index (χ0v) is 11.6. The molecule has 88 valence electrons. The summed E-state index contributed by atoms with van der Waals surface area (Å²) in [4.78, 5) is 11.9. The van der Waals surface area contributed by atoms with Crippen molar-refractivity contribution in [3.8, 4) is 0 Å². The van der Waals surface area contributed by atoms with E-state index >= 15 is 0 Å². The molecule has 1 rings (SSSR count). The average molecular weight is 284 g/mol. The Morgan fingerprint density at radius 1 is 1.38 bits per heavy atom. The lowest BCUT2D eigenvalue weighted by Gasteiger charge is -2.17. The molecule has 0 aliphatic rings. The van der Waals surface area contributed by atoms with Gasteiger partial charge >= 0.3 is 0 Å². The van der Waals surface area contributed by atoms with Crippen molar-refractivity contribution in [3.05, 3.63) is 28.2 Å². The van der Waals surface area contributed by atoms with E-state index in [1.54, 1.807) is 18.2 Å². The first kappa shape index (κ1) is 13.2. The minimum atomic E-state index is 0.177. The molecule has 0 bridgehead atoms. The number of anilines is 1. The number of carbonyl (C=O) groups excluding carboxylic acids is 1. The fraction of sp³-hybridized carbons (Fsp3) is 0.462. The number of hydrogen-bond acceptors (Lipinski definition) is 2. The van der Waals surface area contributed by atoms with E-state index in [9.17, 15) is 4.79 Å². The number of nitrogen functional groups attached to an aromatic ring is 1. The number of nitrogens with two attached hydrogens (primary N) is 1. The maximum Gasteiger partial charge on any atom is 0.162 e. The van der Waals surface area contributed by atoms with Gasteiger partial charge < -0.3 is 5.73 Å². The third-order valence-corrected chi connectivity index (χ3v) is 3.11. The molecule has 0 saturated carbocycles. The molecule has 0 spiro atoms. The van der Waals surface area contributed by atoms with E-state index < -0.39 is 0 Å². The van der Waals surface area contributed by atoms with Gasteiger partial charge in [-0.1, -0.05) is 20.8 Å². The van der Waals surface area contributed by atoms with Crippen LogP contribution in [0.3, 0.4) is 0 Å². The van der Waals surface area contributed by atoms with E-state index in [2.05, 4.69) is 36.7 Å². The van der Waals surface area contributed by atoms with Crippen molar-refractivity contribution in [1.82, 2.24) is 0 Å². The Labute approximate surface area is 105 Å². The van der Waals surface area contributed by atoms with Crippen LogP contribution in [0.2, 0.25) is 0 Å². The van der Waals surface area contributed by atoms with E-state index in [-0.39, 0.29) is 11.2 Å². The molecular formula is C13H18BrNO. The Kier molecular flexibility index (Phi) is 4.14. The third-order valence-electron chi connectivity index (χ3n) is 2.42. The number of ketones is 1. The predicted octanol–water partition coefficient (Wildman–Crippen LogP) is 4.04. The van der Waals surface area contributed by atoms with Crippen LogP contribution in [0.25, 0.3) is 0 Å². The molecule has 2 nitrogen and oxygen atoms in total. The number of halogens is 1. The molecule has 0 aliphatic carbocycles. The first-order chi connectivity index (χ1) is 7.29. The van der Waals surface area contributed by atoms with Crippen LogP contribution >= 0.6 is 15.9 Å². The van der Waals surface area contributed by atoms with Crippen LogP contribution in [0, 0.1) is 5.41 Å². The Balaban J connectivity index is 2.70. The lowest BCUT2D eigenvalue weighted by atomic mass is 9.88. The Morgan fingerprint density at radius 3 is 2.50 bits per heavy atom. The molecule has 0 heterocycles. The highest BCUT2D eigenvalue weighted by Gasteiger charge is 2.14. The van der Waals surface area contributed by atoms with E-state index in [1.165, 1.54) is 0 Å². The molecule has 0 aliphatic heterocycles. The van der Waals surface area contributed by atoms with Gasteiger partial charge in [-0.3, -0.25) is 4.79 Å². The van der Waals surface area contributed by atoms with Gasteiger partial charge in [-0.25, -0.2) is 0 Å². The Bertz CT molecular complexity index is 393. The third kappa shape index (κ3) is 3.97. The number of carbonyl (C=O) groups is 1. The zero-order chi connectivity index (χ0) is 12.3. The van der Waals surface area contributed by atoms with Gasteiger partial charge in [0.05, 0.1) is 0 Å². The van der Waals surface area contributed by atoms with Gasteiger partial charge in [0.1, 0.15) is 0 Å². The molecule has 3 heteroatoms. The highest BCUT2D eigenvalue weighted by molar-refractivity contribution is 9.10. The summed E-state index contributed by atoms with van der Waals surface area (Å²) in [6.45, 7) is 6.41. The van der Waals surface area contributed by atoms with Crippen molar-refractivity contribution in [1.29, 1.82) is 0 Å². The van der Waals surface area contributed by atoms with Crippen molar-refractivity contribution in [2.45, 2.75) is 33.6 Å². The van der Waals surface area contributed by atoms with E-state index in [1.807, 2.05) is 0 Å². The summed E-state index contributed by atoms with van der Waals surface area (Å²) in [5.41, 5.74) is 7.26. The van der Waals surface area contributed by atoms with Gasteiger partial charge in [0.2, 0.25) is 0 Å². The van der Waals surface area contributed by atoms with Crippen molar-refractivity contribution in [3.63, 3.8) is 0 Å². The maximum atomic E-state index is 11.9. The lowest BCUT2D eigenvalue weighted by molar-refractivity contribution is 0.0966. The molecule has 0 fully saturated rings. The first-order valence-corrected chi connectivity index (χ1v) is 6.17. The van der Waals surface area contributed by atoms with Crippen LogP contribution in [0.5, 0.6) is 0 Å². The van der Waals surface area contributed by atoms with E-state index in [0.29, 0.717) is 12.1 Å². The summed E-state index contributed by atoms with van der Waals surface area (Å²) in [6.07, 6.45) is 1.48. The number of Topliss-reactive ketones (excluding diaryl/α,β-unsaturated/α-hetero) is 1. The molecule has 0 unspecified atom stereocenters. The fourth-order valence-corrected chi connectivity index (χ4v) is 1.71. The molecular weight excluding hydrogens is 266 g/mol. The minimum Gasteiger partial charge on any atom is -0.398 e. The minimum absolute atomic E-state index is 0.177. The summed E-state index contributed by atoms with van der Waals surface area (Å²) in [6, 6.07) is 5.33. The first-order valence-electron chi connectivity index (χ1n) is 5.38. The van der Waals surface area contributed by atoms with Crippen molar-refractivity contribution < 1.29 is 4.79 Å². The van der Waals surface area contributed by atoms with Crippen LogP contribution < -0.4 is 5.73 Å². The Morgan fingerprint density at radius 2 is 2.00 bits per heavy atom. The van der Waals surface area contributed by atoms with Crippen LogP contribution in [0.1, 0.15) is 44.0 Å². The number of benzene rings is 1. The molecule has 2 N–H and O–H groups in total. The van der Waals surface area contributed by atoms with Gasteiger partial charge in [0.15, 0.2) is 5.78 Å².